The monoisotopic (exact) mass is 357 g/mol. The molecule has 6 heteroatoms. The van der Waals surface area contributed by atoms with Crippen molar-refractivity contribution in [3.63, 3.8) is 0 Å². The molecule has 0 fully saturated rings. The highest BCUT2D eigenvalue weighted by molar-refractivity contribution is 5.95. The van der Waals surface area contributed by atoms with Crippen molar-refractivity contribution in [2.24, 2.45) is 0 Å². The Bertz CT molecular complexity index is 788. The number of fused-ring (bicyclic) bond motifs is 1. The summed E-state index contributed by atoms with van der Waals surface area (Å²) in [6.45, 7) is 2.87. The SMILES string of the molecule is COc1ccccc1[C@@H](C)N(C)C(=O)c1cc(OC)c2c(c1)OCCO2. The minimum absolute atomic E-state index is 0.140. The topological polar surface area (TPSA) is 57.2 Å². The molecular formula is C20H23NO5. The number of carbonyl (C=O) groups is 1. The second kappa shape index (κ2) is 7.56. The van der Waals surface area contributed by atoms with Crippen LogP contribution in [0.5, 0.6) is 23.0 Å². The number of methoxy groups -OCH3 is 2. The maximum Gasteiger partial charge on any atom is 0.254 e. The fraction of sp³-hybridized carbons (Fsp3) is 0.350. The Kier molecular flexibility index (Phi) is 5.21. The van der Waals surface area contributed by atoms with E-state index in [1.54, 1.807) is 38.3 Å². The number of nitrogens with zero attached hydrogens (tertiary/aromatic N) is 1. The maximum atomic E-state index is 13.0. The molecule has 1 aliphatic rings. The standard InChI is InChI=1S/C20H23NO5/c1-13(15-7-5-6-8-16(15)23-3)21(2)20(22)14-11-17(24-4)19-18(12-14)25-9-10-26-19/h5-8,11-13H,9-10H2,1-4H3/t13-/m1/s1. The van der Waals surface area contributed by atoms with Crippen LogP contribution in [-0.2, 0) is 0 Å². The van der Waals surface area contributed by atoms with Gasteiger partial charge in [0.1, 0.15) is 19.0 Å². The number of para-hydroxylation sites is 1. The predicted molar refractivity (Wildman–Crippen MR) is 97.5 cm³/mol. The molecule has 1 amide bonds. The van der Waals surface area contributed by atoms with Gasteiger partial charge in [0, 0.05) is 18.2 Å². The van der Waals surface area contributed by atoms with Crippen LogP contribution in [0.15, 0.2) is 36.4 Å². The van der Waals surface area contributed by atoms with Crippen molar-refractivity contribution in [2.45, 2.75) is 13.0 Å². The van der Waals surface area contributed by atoms with Crippen LogP contribution >= 0.6 is 0 Å². The highest BCUT2D eigenvalue weighted by atomic mass is 16.6. The van der Waals surface area contributed by atoms with Crippen LogP contribution in [0.4, 0.5) is 0 Å². The van der Waals surface area contributed by atoms with Crippen molar-refractivity contribution < 1.29 is 23.7 Å². The van der Waals surface area contributed by atoms with Crippen LogP contribution in [0.3, 0.4) is 0 Å². The summed E-state index contributed by atoms with van der Waals surface area (Å²) in [5, 5.41) is 0. The summed E-state index contributed by atoms with van der Waals surface area (Å²) in [6, 6.07) is 10.9. The zero-order valence-corrected chi connectivity index (χ0v) is 15.4. The third kappa shape index (κ3) is 3.27. The first kappa shape index (κ1) is 17.9. The van der Waals surface area contributed by atoms with E-state index in [1.165, 1.54) is 0 Å². The second-order valence-electron chi connectivity index (χ2n) is 6.04. The minimum Gasteiger partial charge on any atom is -0.496 e. The molecule has 0 saturated carbocycles. The van der Waals surface area contributed by atoms with Gasteiger partial charge >= 0.3 is 0 Å². The van der Waals surface area contributed by atoms with Crippen LogP contribution in [-0.4, -0.2) is 45.3 Å². The van der Waals surface area contributed by atoms with Crippen molar-refractivity contribution in [2.75, 3.05) is 34.5 Å². The van der Waals surface area contributed by atoms with Crippen LogP contribution in [0.2, 0.25) is 0 Å². The van der Waals surface area contributed by atoms with Gasteiger partial charge in [0.25, 0.3) is 5.91 Å². The summed E-state index contributed by atoms with van der Waals surface area (Å²) in [4.78, 5) is 14.7. The molecule has 0 radical (unpaired) electrons. The zero-order valence-electron chi connectivity index (χ0n) is 15.4. The Labute approximate surface area is 153 Å². The number of amides is 1. The Morgan fingerprint density at radius 2 is 1.77 bits per heavy atom. The molecule has 2 aromatic carbocycles. The first-order chi connectivity index (χ1) is 12.6. The molecular weight excluding hydrogens is 334 g/mol. The molecule has 0 unspecified atom stereocenters. The first-order valence-electron chi connectivity index (χ1n) is 8.44. The molecule has 0 N–H and O–H groups in total. The third-order valence-corrected chi connectivity index (χ3v) is 4.57. The molecule has 0 spiro atoms. The number of hydrogen-bond acceptors (Lipinski definition) is 5. The van der Waals surface area contributed by atoms with Gasteiger partial charge in [-0.05, 0) is 25.1 Å². The van der Waals surface area contributed by atoms with Gasteiger partial charge in [-0.3, -0.25) is 4.79 Å². The molecule has 26 heavy (non-hydrogen) atoms. The van der Waals surface area contributed by atoms with Crippen LogP contribution in [0.1, 0.15) is 28.9 Å². The molecule has 138 valence electrons. The lowest BCUT2D eigenvalue weighted by Gasteiger charge is -2.27. The molecule has 0 aromatic heterocycles. The first-order valence-corrected chi connectivity index (χ1v) is 8.44. The highest BCUT2D eigenvalue weighted by Gasteiger charge is 2.25. The highest BCUT2D eigenvalue weighted by Crippen LogP contribution is 2.41. The quantitative estimate of drug-likeness (QED) is 0.822. The summed E-state index contributed by atoms with van der Waals surface area (Å²) in [7, 11) is 4.94. The van der Waals surface area contributed by atoms with Gasteiger partial charge in [-0.25, -0.2) is 0 Å². The Balaban J connectivity index is 1.91. The molecule has 3 rings (SSSR count). The van der Waals surface area contributed by atoms with Crippen molar-refractivity contribution >= 4 is 5.91 Å². The molecule has 0 bridgehead atoms. The summed E-state index contributed by atoms with van der Waals surface area (Å²) in [5.74, 6) is 2.16. The van der Waals surface area contributed by atoms with E-state index >= 15 is 0 Å². The fourth-order valence-electron chi connectivity index (χ4n) is 3.00. The van der Waals surface area contributed by atoms with Crippen molar-refractivity contribution in [3.05, 3.63) is 47.5 Å². The number of rotatable bonds is 5. The molecule has 1 aliphatic heterocycles. The Morgan fingerprint density at radius 1 is 1.08 bits per heavy atom. The number of benzene rings is 2. The van der Waals surface area contributed by atoms with E-state index in [-0.39, 0.29) is 11.9 Å². The normalized spacial score (nSPS) is 13.7. The summed E-state index contributed by atoms with van der Waals surface area (Å²) in [6.07, 6.45) is 0. The van der Waals surface area contributed by atoms with Crippen molar-refractivity contribution in [1.29, 1.82) is 0 Å². The Hall–Kier alpha value is -2.89. The van der Waals surface area contributed by atoms with E-state index in [4.69, 9.17) is 18.9 Å². The van der Waals surface area contributed by atoms with E-state index in [1.807, 2.05) is 31.2 Å². The number of carbonyl (C=O) groups excluding carboxylic acids is 1. The van der Waals surface area contributed by atoms with Gasteiger partial charge in [0.2, 0.25) is 5.75 Å². The summed E-state index contributed by atoms with van der Waals surface area (Å²) < 4.78 is 22.0. The molecule has 1 atom stereocenters. The van der Waals surface area contributed by atoms with Gasteiger partial charge < -0.3 is 23.8 Å². The zero-order chi connectivity index (χ0) is 18.7. The van der Waals surface area contributed by atoms with Gasteiger partial charge in [-0.1, -0.05) is 18.2 Å². The predicted octanol–water partition coefficient (Wildman–Crippen LogP) is 3.31. The van der Waals surface area contributed by atoms with E-state index in [0.29, 0.717) is 36.0 Å². The largest absolute Gasteiger partial charge is 0.496 e. The van der Waals surface area contributed by atoms with Crippen molar-refractivity contribution in [3.8, 4) is 23.0 Å². The third-order valence-electron chi connectivity index (χ3n) is 4.57. The summed E-state index contributed by atoms with van der Waals surface area (Å²) in [5.41, 5.74) is 1.42. The molecule has 6 nitrogen and oxygen atoms in total. The number of ether oxygens (including phenoxy) is 4. The Morgan fingerprint density at radius 3 is 2.50 bits per heavy atom. The van der Waals surface area contributed by atoms with Gasteiger partial charge in [0.05, 0.1) is 20.3 Å². The van der Waals surface area contributed by atoms with Crippen molar-refractivity contribution in [1.82, 2.24) is 4.90 Å². The lowest BCUT2D eigenvalue weighted by atomic mass is 10.0. The smallest absolute Gasteiger partial charge is 0.254 e. The number of hydrogen-bond donors (Lipinski definition) is 0. The second-order valence-corrected chi connectivity index (χ2v) is 6.04. The van der Waals surface area contributed by atoms with E-state index < -0.39 is 0 Å². The van der Waals surface area contributed by atoms with E-state index in [9.17, 15) is 4.79 Å². The van der Waals surface area contributed by atoms with E-state index in [0.717, 1.165) is 11.3 Å². The molecule has 0 aliphatic carbocycles. The van der Waals surface area contributed by atoms with Gasteiger partial charge in [0.15, 0.2) is 11.5 Å². The average molecular weight is 357 g/mol. The van der Waals surface area contributed by atoms with Crippen LogP contribution in [0.25, 0.3) is 0 Å². The lowest BCUT2D eigenvalue weighted by molar-refractivity contribution is 0.0739. The molecule has 0 saturated heterocycles. The van der Waals surface area contributed by atoms with Gasteiger partial charge in [-0.15, -0.1) is 0 Å². The van der Waals surface area contributed by atoms with Crippen LogP contribution in [0, 0.1) is 0 Å². The molecule has 1 heterocycles. The molecule has 2 aromatic rings. The van der Waals surface area contributed by atoms with Gasteiger partial charge in [-0.2, -0.15) is 0 Å². The summed E-state index contributed by atoms with van der Waals surface area (Å²) >= 11 is 0. The maximum absolute atomic E-state index is 13.0. The minimum atomic E-state index is -0.169. The average Bonchev–Trinajstić information content (AvgIpc) is 2.71. The lowest BCUT2D eigenvalue weighted by Crippen LogP contribution is -2.30. The van der Waals surface area contributed by atoms with E-state index in [2.05, 4.69) is 0 Å². The fourth-order valence-corrected chi connectivity index (χ4v) is 3.00. The van der Waals surface area contributed by atoms with Crippen LogP contribution < -0.4 is 18.9 Å².